The van der Waals surface area contributed by atoms with E-state index in [4.69, 9.17) is 5.11 Å². The maximum atomic E-state index is 11.5. The standard InChI is InChI=1S/C14H20N2O3S/c1-3-7-16(10-13(17)15-2)9-12-11(6-8-20-12)4-5-14(18)19/h4-6,8H,3,7,9-10H2,1-2H3,(H,15,17)(H,18,19). The molecule has 0 aromatic carbocycles. The molecule has 0 bridgehead atoms. The first-order chi connectivity index (χ1) is 9.56. The summed E-state index contributed by atoms with van der Waals surface area (Å²) < 4.78 is 0. The summed E-state index contributed by atoms with van der Waals surface area (Å²) >= 11 is 1.57. The number of aliphatic carboxylic acids is 1. The summed E-state index contributed by atoms with van der Waals surface area (Å²) in [5, 5.41) is 13.2. The van der Waals surface area contributed by atoms with Gasteiger partial charge in [0.05, 0.1) is 6.54 Å². The summed E-state index contributed by atoms with van der Waals surface area (Å²) in [6.07, 6.45) is 3.69. The van der Waals surface area contributed by atoms with Crippen LogP contribution in [-0.4, -0.2) is 42.0 Å². The van der Waals surface area contributed by atoms with Crippen molar-refractivity contribution < 1.29 is 14.7 Å². The number of amides is 1. The van der Waals surface area contributed by atoms with Crippen molar-refractivity contribution in [2.45, 2.75) is 19.9 Å². The average molecular weight is 296 g/mol. The lowest BCUT2D eigenvalue weighted by molar-refractivity contribution is -0.131. The maximum absolute atomic E-state index is 11.5. The summed E-state index contributed by atoms with van der Waals surface area (Å²) in [6, 6.07) is 1.89. The fourth-order valence-electron chi connectivity index (χ4n) is 1.80. The molecule has 0 aliphatic heterocycles. The van der Waals surface area contributed by atoms with Gasteiger partial charge in [-0.2, -0.15) is 0 Å². The molecule has 20 heavy (non-hydrogen) atoms. The molecular formula is C14H20N2O3S. The van der Waals surface area contributed by atoms with Crippen LogP contribution in [0.5, 0.6) is 0 Å². The fraction of sp³-hybridized carbons (Fsp3) is 0.429. The fourth-order valence-corrected chi connectivity index (χ4v) is 2.71. The number of rotatable bonds is 8. The van der Waals surface area contributed by atoms with Crippen molar-refractivity contribution in [3.63, 3.8) is 0 Å². The molecule has 1 aromatic rings. The topological polar surface area (TPSA) is 69.6 Å². The van der Waals surface area contributed by atoms with Gasteiger partial charge in [-0.05, 0) is 36.1 Å². The first-order valence-electron chi connectivity index (χ1n) is 6.47. The highest BCUT2D eigenvalue weighted by Gasteiger charge is 2.12. The number of carbonyl (C=O) groups excluding carboxylic acids is 1. The number of carboxylic acids is 1. The van der Waals surface area contributed by atoms with Crippen LogP contribution in [-0.2, 0) is 16.1 Å². The molecular weight excluding hydrogens is 276 g/mol. The van der Waals surface area contributed by atoms with Gasteiger partial charge >= 0.3 is 5.97 Å². The molecule has 0 radical (unpaired) electrons. The van der Waals surface area contributed by atoms with Gasteiger partial charge in [0, 0.05) is 24.5 Å². The van der Waals surface area contributed by atoms with E-state index in [0.29, 0.717) is 13.1 Å². The Morgan fingerprint density at radius 2 is 2.25 bits per heavy atom. The van der Waals surface area contributed by atoms with Crippen LogP contribution in [0.3, 0.4) is 0 Å². The summed E-state index contributed by atoms with van der Waals surface area (Å²) in [5.41, 5.74) is 0.899. The maximum Gasteiger partial charge on any atom is 0.328 e. The van der Waals surface area contributed by atoms with Gasteiger partial charge in [0.15, 0.2) is 0 Å². The number of carboxylic acid groups (broad SMARTS) is 1. The Labute approximate surface area is 122 Å². The molecule has 0 atom stereocenters. The van der Waals surface area contributed by atoms with Crippen LogP contribution in [0.4, 0.5) is 0 Å². The number of nitrogens with one attached hydrogen (secondary N) is 1. The average Bonchev–Trinajstić information content (AvgIpc) is 2.83. The van der Waals surface area contributed by atoms with Crippen LogP contribution in [0.1, 0.15) is 23.8 Å². The SMILES string of the molecule is CCCN(CC(=O)NC)Cc1sccc1C=CC(=O)O. The van der Waals surface area contributed by atoms with E-state index in [0.717, 1.165) is 29.5 Å². The van der Waals surface area contributed by atoms with Crippen LogP contribution in [0, 0.1) is 0 Å². The summed E-state index contributed by atoms with van der Waals surface area (Å²) in [5.74, 6) is -0.976. The molecule has 1 rings (SSSR count). The lowest BCUT2D eigenvalue weighted by Crippen LogP contribution is -2.35. The molecule has 6 heteroatoms. The third-order valence-electron chi connectivity index (χ3n) is 2.74. The number of nitrogens with zero attached hydrogens (tertiary/aromatic N) is 1. The van der Waals surface area contributed by atoms with Crippen molar-refractivity contribution in [3.05, 3.63) is 28.0 Å². The summed E-state index contributed by atoms with van der Waals surface area (Å²) in [6.45, 7) is 3.90. The highest BCUT2D eigenvalue weighted by Crippen LogP contribution is 2.20. The Bertz CT molecular complexity index is 483. The van der Waals surface area contributed by atoms with E-state index in [2.05, 4.69) is 17.1 Å². The largest absolute Gasteiger partial charge is 0.478 e. The van der Waals surface area contributed by atoms with Crippen molar-refractivity contribution in [2.75, 3.05) is 20.1 Å². The van der Waals surface area contributed by atoms with Crippen molar-refractivity contribution in [1.82, 2.24) is 10.2 Å². The molecule has 0 saturated carbocycles. The Kier molecular flexibility index (Phi) is 6.97. The summed E-state index contributed by atoms with van der Waals surface area (Å²) in [4.78, 5) is 25.2. The number of carbonyl (C=O) groups is 2. The molecule has 0 spiro atoms. The molecule has 110 valence electrons. The minimum absolute atomic E-state index is 0.0161. The number of hydrogen-bond acceptors (Lipinski definition) is 4. The molecule has 0 unspecified atom stereocenters. The van der Waals surface area contributed by atoms with Gasteiger partial charge < -0.3 is 10.4 Å². The van der Waals surface area contributed by atoms with Gasteiger partial charge in [0.1, 0.15) is 0 Å². The summed E-state index contributed by atoms with van der Waals surface area (Å²) in [7, 11) is 1.62. The second-order valence-electron chi connectivity index (χ2n) is 4.35. The van der Waals surface area contributed by atoms with E-state index in [-0.39, 0.29) is 5.91 Å². The third kappa shape index (κ3) is 5.54. The molecule has 5 nitrogen and oxygen atoms in total. The molecule has 1 amide bonds. The van der Waals surface area contributed by atoms with Crippen LogP contribution < -0.4 is 5.32 Å². The molecule has 0 fully saturated rings. The first kappa shape index (κ1) is 16.4. The Morgan fingerprint density at radius 1 is 1.50 bits per heavy atom. The van der Waals surface area contributed by atoms with E-state index in [9.17, 15) is 9.59 Å². The Morgan fingerprint density at radius 3 is 2.85 bits per heavy atom. The highest BCUT2D eigenvalue weighted by atomic mass is 32.1. The molecule has 1 heterocycles. The van der Waals surface area contributed by atoms with Crippen molar-refractivity contribution in [1.29, 1.82) is 0 Å². The third-order valence-corrected chi connectivity index (χ3v) is 3.66. The van der Waals surface area contributed by atoms with Gasteiger partial charge in [0.2, 0.25) is 5.91 Å². The Hall–Kier alpha value is -1.66. The minimum atomic E-state index is -0.960. The zero-order chi connectivity index (χ0) is 15.0. The van der Waals surface area contributed by atoms with E-state index in [1.807, 2.05) is 11.4 Å². The van der Waals surface area contributed by atoms with Crippen LogP contribution >= 0.6 is 11.3 Å². The Balaban J connectivity index is 2.75. The van der Waals surface area contributed by atoms with Crippen molar-refractivity contribution >= 4 is 29.3 Å². The monoisotopic (exact) mass is 296 g/mol. The highest BCUT2D eigenvalue weighted by molar-refractivity contribution is 7.10. The van der Waals surface area contributed by atoms with Gasteiger partial charge in [-0.25, -0.2) is 4.79 Å². The van der Waals surface area contributed by atoms with Gasteiger partial charge in [-0.1, -0.05) is 6.92 Å². The van der Waals surface area contributed by atoms with Gasteiger partial charge in [-0.15, -0.1) is 11.3 Å². The number of hydrogen-bond donors (Lipinski definition) is 2. The zero-order valence-electron chi connectivity index (χ0n) is 11.8. The van der Waals surface area contributed by atoms with Crippen molar-refractivity contribution in [3.8, 4) is 0 Å². The van der Waals surface area contributed by atoms with Crippen LogP contribution in [0.15, 0.2) is 17.5 Å². The molecule has 2 N–H and O–H groups in total. The number of likely N-dealkylation sites (N-methyl/N-ethyl adjacent to an activating group) is 1. The van der Waals surface area contributed by atoms with Gasteiger partial charge in [0.25, 0.3) is 0 Å². The minimum Gasteiger partial charge on any atom is -0.478 e. The van der Waals surface area contributed by atoms with E-state index >= 15 is 0 Å². The van der Waals surface area contributed by atoms with Gasteiger partial charge in [-0.3, -0.25) is 9.69 Å². The van der Waals surface area contributed by atoms with E-state index in [1.165, 1.54) is 0 Å². The molecule has 1 aromatic heterocycles. The van der Waals surface area contributed by atoms with E-state index in [1.54, 1.807) is 24.5 Å². The zero-order valence-corrected chi connectivity index (χ0v) is 12.6. The predicted octanol–water partition coefficient (Wildman–Crippen LogP) is 1.80. The van der Waals surface area contributed by atoms with Crippen molar-refractivity contribution in [2.24, 2.45) is 0 Å². The first-order valence-corrected chi connectivity index (χ1v) is 7.35. The lowest BCUT2D eigenvalue weighted by atomic mass is 10.2. The molecule has 0 saturated heterocycles. The quantitative estimate of drug-likeness (QED) is 0.718. The molecule has 0 aliphatic rings. The van der Waals surface area contributed by atoms with Crippen LogP contribution in [0.2, 0.25) is 0 Å². The molecule has 0 aliphatic carbocycles. The smallest absolute Gasteiger partial charge is 0.328 e. The number of thiophene rings is 1. The lowest BCUT2D eigenvalue weighted by Gasteiger charge is -2.20. The predicted molar refractivity (Wildman–Crippen MR) is 80.6 cm³/mol. The second kappa shape index (κ2) is 8.50. The van der Waals surface area contributed by atoms with E-state index < -0.39 is 5.97 Å². The van der Waals surface area contributed by atoms with Crippen LogP contribution in [0.25, 0.3) is 6.08 Å². The second-order valence-corrected chi connectivity index (χ2v) is 5.36. The normalized spacial score (nSPS) is 11.2.